The fraction of sp³-hybridized carbons (Fsp3) is 0.500. The summed E-state index contributed by atoms with van der Waals surface area (Å²) in [7, 11) is 0. The second-order valence-corrected chi connectivity index (χ2v) is 5.21. The predicted octanol–water partition coefficient (Wildman–Crippen LogP) is 1.87. The number of fused-ring (bicyclic) bond motifs is 1. The number of carbonyl (C=O) groups is 1. The summed E-state index contributed by atoms with van der Waals surface area (Å²) >= 11 is 0. The second kappa shape index (κ2) is 7.38. The minimum absolute atomic E-state index is 0. The second-order valence-electron chi connectivity index (χ2n) is 5.21. The van der Waals surface area contributed by atoms with Crippen molar-refractivity contribution in [3.8, 4) is 0 Å². The van der Waals surface area contributed by atoms with Crippen molar-refractivity contribution >= 4 is 29.8 Å². The summed E-state index contributed by atoms with van der Waals surface area (Å²) in [6, 6.07) is 3.58. The first kappa shape index (κ1) is 15.7. The molecule has 2 aromatic rings. The first-order valence-electron chi connectivity index (χ1n) is 7.12. The standard InChI is InChI=1S/C14H19N5O.ClH/c20-14(2-1-11-3-7-15-8-4-11)18-13-5-9-16-12-6-10-17-19(12)13;/h5-6,9-11,15H,1-4,7-8H2,(H,18,20);1H. The molecule has 1 fully saturated rings. The van der Waals surface area contributed by atoms with Gasteiger partial charge in [0.05, 0.1) is 6.20 Å². The lowest BCUT2D eigenvalue weighted by Gasteiger charge is -2.22. The van der Waals surface area contributed by atoms with Gasteiger partial charge in [-0.15, -0.1) is 12.4 Å². The van der Waals surface area contributed by atoms with Crippen molar-refractivity contribution in [1.29, 1.82) is 0 Å². The molecule has 7 heteroatoms. The molecule has 114 valence electrons. The zero-order chi connectivity index (χ0) is 13.8. The molecule has 2 N–H and O–H groups in total. The van der Waals surface area contributed by atoms with Gasteiger partial charge < -0.3 is 10.6 Å². The Hall–Kier alpha value is -1.66. The van der Waals surface area contributed by atoms with Crippen LogP contribution in [0.5, 0.6) is 0 Å². The quantitative estimate of drug-likeness (QED) is 0.904. The molecule has 3 heterocycles. The molecule has 21 heavy (non-hydrogen) atoms. The van der Waals surface area contributed by atoms with Crippen molar-refractivity contribution in [2.45, 2.75) is 25.7 Å². The summed E-state index contributed by atoms with van der Waals surface area (Å²) in [6.45, 7) is 2.15. The maximum atomic E-state index is 12.0. The summed E-state index contributed by atoms with van der Waals surface area (Å²) in [4.78, 5) is 16.2. The lowest BCUT2D eigenvalue weighted by molar-refractivity contribution is -0.116. The van der Waals surface area contributed by atoms with E-state index in [4.69, 9.17) is 0 Å². The van der Waals surface area contributed by atoms with Crippen LogP contribution in [0, 0.1) is 5.92 Å². The van der Waals surface area contributed by atoms with E-state index in [-0.39, 0.29) is 18.3 Å². The Labute approximate surface area is 129 Å². The van der Waals surface area contributed by atoms with Crippen LogP contribution in [0.1, 0.15) is 25.7 Å². The van der Waals surface area contributed by atoms with Gasteiger partial charge in [-0.1, -0.05) is 0 Å². The Morgan fingerprint density at radius 2 is 2.14 bits per heavy atom. The molecule has 0 aliphatic carbocycles. The van der Waals surface area contributed by atoms with Crippen LogP contribution in [0.4, 0.5) is 5.82 Å². The third kappa shape index (κ3) is 3.92. The van der Waals surface area contributed by atoms with Crippen LogP contribution < -0.4 is 10.6 Å². The molecule has 6 nitrogen and oxygen atoms in total. The molecule has 2 aromatic heterocycles. The molecule has 1 aliphatic heterocycles. The van der Waals surface area contributed by atoms with Gasteiger partial charge in [-0.25, -0.2) is 4.98 Å². The number of piperidine rings is 1. The van der Waals surface area contributed by atoms with Gasteiger partial charge in [0, 0.05) is 18.7 Å². The fourth-order valence-corrected chi connectivity index (χ4v) is 2.64. The number of rotatable bonds is 4. The molecule has 1 amide bonds. The molecule has 1 aliphatic rings. The summed E-state index contributed by atoms with van der Waals surface area (Å²) in [5.41, 5.74) is 0.737. The highest BCUT2D eigenvalue weighted by atomic mass is 35.5. The highest BCUT2D eigenvalue weighted by Gasteiger charge is 2.15. The molecule has 0 aromatic carbocycles. The zero-order valence-corrected chi connectivity index (χ0v) is 12.6. The minimum Gasteiger partial charge on any atom is -0.317 e. The Balaban J connectivity index is 0.00000161. The average Bonchev–Trinajstić information content (AvgIpc) is 2.96. The Kier molecular flexibility index (Phi) is 5.52. The van der Waals surface area contributed by atoms with Crippen molar-refractivity contribution in [3.63, 3.8) is 0 Å². The smallest absolute Gasteiger partial charge is 0.225 e. The normalized spacial score (nSPS) is 15.6. The highest BCUT2D eigenvalue weighted by Crippen LogP contribution is 2.18. The van der Waals surface area contributed by atoms with Gasteiger partial charge in [0.1, 0.15) is 5.82 Å². The van der Waals surface area contributed by atoms with E-state index in [1.165, 1.54) is 12.8 Å². The van der Waals surface area contributed by atoms with Gasteiger partial charge >= 0.3 is 0 Å². The molecular formula is C14H20ClN5O. The van der Waals surface area contributed by atoms with Gasteiger partial charge in [-0.3, -0.25) is 4.79 Å². The van der Waals surface area contributed by atoms with E-state index < -0.39 is 0 Å². The Morgan fingerprint density at radius 1 is 1.33 bits per heavy atom. The van der Waals surface area contributed by atoms with Crippen LogP contribution >= 0.6 is 12.4 Å². The first-order valence-corrected chi connectivity index (χ1v) is 7.12. The monoisotopic (exact) mass is 309 g/mol. The number of nitrogens with zero attached hydrogens (tertiary/aromatic N) is 3. The molecular weight excluding hydrogens is 290 g/mol. The summed E-state index contributed by atoms with van der Waals surface area (Å²) in [5.74, 6) is 1.39. The van der Waals surface area contributed by atoms with E-state index in [9.17, 15) is 4.79 Å². The molecule has 0 atom stereocenters. The molecule has 0 radical (unpaired) electrons. The molecule has 0 unspecified atom stereocenters. The first-order chi connectivity index (χ1) is 9.83. The highest BCUT2D eigenvalue weighted by molar-refractivity contribution is 5.90. The van der Waals surface area contributed by atoms with Gasteiger partial charge in [0.2, 0.25) is 5.91 Å². The number of amides is 1. The van der Waals surface area contributed by atoms with Crippen LogP contribution in [-0.2, 0) is 4.79 Å². The van der Waals surface area contributed by atoms with Crippen LogP contribution in [0.3, 0.4) is 0 Å². The van der Waals surface area contributed by atoms with Crippen LogP contribution in [-0.4, -0.2) is 33.6 Å². The number of anilines is 1. The number of aromatic nitrogens is 3. The number of carbonyl (C=O) groups excluding carboxylic acids is 1. The maximum Gasteiger partial charge on any atom is 0.225 e. The van der Waals surface area contributed by atoms with Crippen molar-refractivity contribution in [3.05, 3.63) is 24.5 Å². The van der Waals surface area contributed by atoms with E-state index in [0.29, 0.717) is 18.2 Å². The lowest BCUT2D eigenvalue weighted by Crippen LogP contribution is -2.28. The molecule has 0 spiro atoms. The third-order valence-corrected chi connectivity index (χ3v) is 3.80. The van der Waals surface area contributed by atoms with E-state index in [2.05, 4.69) is 20.7 Å². The topological polar surface area (TPSA) is 71.3 Å². The van der Waals surface area contributed by atoms with Crippen molar-refractivity contribution in [1.82, 2.24) is 19.9 Å². The van der Waals surface area contributed by atoms with Crippen molar-refractivity contribution in [2.24, 2.45) is 5.92 Å². The fourth-order valence-electron chi connectivity index (χ4n) is 2.64. The summed E-state index contributed by atoms with van der Waals surface area (Å²) < 4.78 is 1.64. The minimum atomic E-state index is 0. The summed E-state index contributed by atoms with van der Waals surface area (Å²) in [5, 5.41) is 10.4. The van der Waals surface area contributed by atoms with Gasteiger partial charge in [-0.2, -0.15) is 9.61 Å². The van der Waals surface area contributed by atoms with E-state index >= 15 is 0 Å². The van der Waals surface area contributed by atoms with Gasteiger partial charge in [0.25, 0.3) is 0 Å². The largest absolute Gasteiger partial charge is 0.317 e. The molecule has 1 saturated heterocycles. The Bertz CT molecular complexity index is 594. The van der Waals surface area contributed by atoms with Crippen molar-refractivity contribution < 1.29 is 4.79 Å². The SMILES string of the molecule is Cl.O=C(CCC1CCNCC1)Nc1ccnc2ccnn12. The van der Waals surface area contributed by atoms with Crippen molar-refractivity contribution in [2.75, 3.05) is 18.4 Å². The number of nitrogens with one attached hydrogen (secondary N) is 2. The van der Waals surface area contributed by atoms with Crippen LogP contribution in [0.2, 0.25) is 0 Å². The van der Waals surface area contributed by atoms with E-state index in [0.717, 1.165) is 25.2 Å². The van der Waals surface area contributed by atoms with E-state index in [1.54, 1.807) is 23.0 Å². The van der Waals surface area contributed by atoms with Gasteiger partial charge in [0.15, 0.2) is 5.65 Å². The number of hydrogen-bond donors (Lipinski definition) is 2. The van der Waals surface area contributed by atoms with E-state index in [1.807, 2.05) is 6.07 Å². The number of halogens is 1. The Morgan fingerprint density at radius 3 is 2.95 bits per heavy atom. The van der Waals surface area contributed by atoms with Crippen LogP contribution in [0.25, 0.3) is 5.65 Å². The average molecular weight is 310 g/mol. The zero-order valence-electron chi connectivity index (χ0n) is 11.8. The molecule has 0 bridgehead atoms. The third-order valence-electron chi connectivity index (χ3n) is 3.80. The molecule has 3 rings (SSSR count). The predicted molar refractivity (Wildman–Crippen MR) is 83.7 cm³/mol. The summed E-state index contributed by atoms with van der Waals surface area (Å²) in [6.07, 6.45) is 7.22. The van der Waals surface area contributed by atoms with Crippen LogP contribution in [0.15, 0.2) is 24.5 Å². The maximum absolute atomic E-state index is 12.0. The lowest BCUT2D eigenvalue weighted by atomic mass is 9.93. The number of hydrogen-bond acceptors (Lipinski definition) is 4. The molecule has 0 saturated carbocycles. The van der Waals surface area contributed by atoms with Gasteiger partial charge in [-0.05, 0) is 44.3 Å².